The van der Waals surface area contributed by atoms with Crippen LogP contribution in [0.4, 0.5) is 0 Å². The van der Waals surface area contributed by atoms with Crippen LogP contribution in [-0.2, 0) is 10.2 Å². The summed E-state index contributed by atoms with van der Waals surface area (Å²) in [5.41, 5.74) is 3.16. The molecule has 0 heterocycles. The molecule has 0 fully saturated rings. The van der Waals surface area contributed by atoms with E-state index in [1.54, 1.807) is 0 Å². The molecule has 20 heavy (non-hydrogen) atoms. The van der Waals surface area contributed by atoms with Crippen LogP contribution in [0.5, 0.6) is 0 Å². The summed E-state index contributed by atoms with van der Waals surface area (Å²) in [6.45, 7) is 12.7. The fourth-order valence-corrected chi connectivity index (χ4v) is 3.24. The van der Waals surface area contributed by atoms with Crippen LogP contribution in [0.25, 0.3) is 0 Å². The first kappa shape index (κ1) is 15.5. The third kappa shape index (κ3) is 3.42. The maximum Gasteiger partial charge on any atom is 0.0750 e. The molecule has 2 rings (SSSR count). The minimum Gasteiger partial charge on any atom is -0.375 e. The van der Waals surface area contributed by atoms with Crippen molar-refractivity contribution in [2.75, 3.05) is 13.2 Å². The van der Waals surface area contributed by atoms with Gasteiger partial charge in [0.15, 0.2) is 0 Å². The lowest BCUT2D eigenvalue weighted by Crippen LogP contribution is -2.41. The Morgan fingerprint density at radius 2 is 2.00 bits per heavy atom. The minimum absolute atomic E-state index is 0.101. The summed E-state index contributed by atoms with van der Waals surface area (Å²) in [4.78, 5) is 0. The summed E-state index contributed by atoms with van der Waals surface area (Å²) in [6.07, 6.45) is 2.43. The van der Waals surface area contributed by atoms with Gasteiger partial charge in [-0.05, 0) is 50.2 Å². The fourth-order valence-electron chi connectivity index (χ4n) is 3.24. The van der Waals surface area contributed by atoms with Crippen LogP contribution in [-0.4, -0.2) is 18.8 Å². The lowest BCUT2D eigenvalue weighted by atomic mass is 9.71. The second kappa shape index (κ2) is 5.87. The van der Waals surface area contributed by atoms with Gasteiger partial charge in [0.05, 0.1) is 5.60 Å². The highest BCUT2D eigenvalue weighted by Gasteiger charge is 2.32. The maximum atomic E-state index is 5.79. The topological polar surface area (TPSA) is 21.3 Å². The van der Waals surface area contributed by atoms with Gasteiger partial charge in [-0.1, -0.05) is 38.1 Å². The number of ether oxygens (including phenoxy) is 1. The zero-order valence-corrected chi connectivity index (χ0v) is 13.6. The number of fused-ring (bicyclic) bond motifs is 1. The van der Waals surface area contributed by atoms with Gasteiger partial charge in [0.2, 0.25) is 0 Å². The molecule has 0 aromatic heterocycles. The van der Waals surface area contributed by atoms with E-state index in [1.165, 1.54) is 24.0 Å². The molecule has 0 radical (unpaired) electrons. The molecule has 1 unspecified atom stereocenters. The predicted molar refractivity (Wildman–Crippen MR) is 85.2 cm³/mol. The molecule has 0 saturated carbocycles. The van der Waals surface area contributed by atoms with Crippen molar-refractivity contribution < 1.29 is 4.74 Å². The van der Waals surface area contributed by atoms with Crippen LogP contribution in [0.2, 0.25) is 0 Å². The Morgan fingerprint density at radius 3 is 2.70 bits per heavy atom. The molecular formula is C18H29NO. The first-order chi connectivity index (χ1) is 9.36. The molecule has 0 amide bonds. The average molecular weight is 275 g/mol. The van der Waals surface area contributed by atoms with Gasteiger partial charge in [-0.3, -0.25) is 0 Å². The lowest BCUT2D eigenvalue weighted by Gasteiger charge is -2.38. The Kier molecular flexibility index (Phi) is 4.55. The third-order valence-electron chi connectivity index (χ3n) is 4.43. The fraction of sp³-hybridized carbons (Fsp3) is 0.667. The Balaban J connectivity index is 2.11. The van der Waals surface area contributed by atoms with Gasteiger partial charge in [0.25, 0.3) is 0 Å². The van der Waals surface area contributed by atoms with Gasteiger partial charge in [-0.25, -0.2) is 0 Å². The van der Waals surface area contributed by atoms with Crippen molar-refractivity contribution in [3.63, 3.8) is 0 Å². The maximum absolute atomic E-state index is 5.79. The second-order valence-electron chi connectivity index (χ2n) is 7.14. The van der Waals surface area contributed by atoms with Crippen molar-refractivity contribution in [2.24, 2.45) is 0 Å². The lowest BCUT2D eigenvalue weighted by molar-refractivity contribution is -0.0111. The van der Waals surface area contributed by atoms with E-state index in [4.69, 9.17) is 4.74 Å². The third-order valence-corrected chi connectivity index (χ3v) is 4.43. The Morgan fingerprint density at radius 1 is 1.30 bits per heavy atom. The smallest absolute Gasteiger partial charge is 0.0750 e. The van der Waals surface area contributed by atoms with E-state index in [9.17, 15) is 0 Å². The van der Waals surface area contributed by atoms with Gasteiger partial charge >= 0.3 is 0 Å². The number of rotatable bonds is 5. The van der Waals surface area contributed by atoms with Gasteiger partial charge in [0.1, 0.15) is 0 Å². The van der Waals surface area contributed by atoms with Crippen LogP contribution in [0.1, 0.15) is 64.6 Å². The monoisotopic (exact) mass is 275 g/mol. The second-order valence-corrected chi connectivity index (χ2v) is 7.14. The molecule has 0 spiro atoms. The molecule has 112 valence electrons. The molecule has 1 aliphatic carbocycles. The SMILES string of the molecule is CCOC(C)(C)CNC1CCC(C)(C)c2ccccc21. The summed E-state index contributed by atoms with van der Waals surface area (Å²) in [5.74, 6) is 0. The normalized spacial score (nSPS) is 21.6. The van der Waals surface area contributed by atoms with Gasteiger partial charge in [-0.15, -0.1) is 0 Å². The minimum atomic E-state index is -0.101. The van der Waals surface area contributed by atoms with E-state index in [1.807, 2.05) is 0 Å². The number of benzene rings is 1. The number of nitrogens with one attached hydrogen (secondary N) is 1. The van der Waals surface area contributed by atoms with E-state index < -0.39 is 0 Å². The van der Waals surface area contributed by atoms with Crippen molar-refractivity contribution in [2.45, 2.75) is 64.5 Å². The van der Waals surface area contributed by atoms with Crippen molar-refractivity contribution >= 4 is 0 Å². The molecule has 2 heteroatoms. The first-order valence-electron chi connectivity index (χ1n) is 7.82. The van der Waals surface area contributed by atoms with Gasteiger partial charge in [0, 0.05) is 19.2 Å². The highest BCUT2D eigenvalue weighted by molar-refractivity contribution is 5.38. The standard InChI is InChI=1S/C18H29NO/c1-6-20-18(4,5)13-19-16-11-12-17(2,3)15-10-8-7-9-14(15)16/h7-10,16,19H,6,11-13H2,1-5H3. The average Bonchev–Trinajstić information content (AvgIpc) is 2.38. The quantitative estimate of drug-likeness (QED) is 0.869. The summed E-state index contributed by atoms with van der Waals surface area (Å²) in [6, 6.07) is 9.34. The van der Waals surface area contributed by atoms with Crippen LogP contribution in [0.15, 0.2) is 24.3 Å². The summed E-state index contributed by atoms with van der Waals surface area (Å²) in [7, 11) is 0. The van der Waals surface area contributed by atoms with E-state index in [2.05, 4.69) is 64.2 Å². The molecular weight excluding hydrogens is 246 g/mol. The van der Waals surface area contributed by atoms with Crippen LogP contribution in [0.3, 0.4) is 0 Å². The van der Waals surface area contributed by atoms with E-state index in [0.29, 0.717) is 11.5 Å². The highest BCUT2D eigenvalue weighted by atomic mass is 16.5. The Hall–Kier alpha value is -0.860. The first-order valence-corrected chi connectivity index (χ1v) is 7.82. The zero-order chi connectivity index (χ0) is 14.8. The van der Waals surface area contributed by atoms with E-state index in [-0.39, 0.29) is 5.60 Å². The van der Waals surface area contributed by atoms with E-state index >= 15 is 0 Å². The van der Waals surface area contributed by atoms with Crippen LogP contribution in [0, 0.1) is 0 Å². The Bertz CT molecular complexity index is 450. The summed E-state index contributed by atoms with van der Waals surface area (Å²) in [5, 5.41) is 3.72. The largest absolute Gasteiger partial charge is 0.375 e. The van der Waals surface area contributed by atoms with Crippen molar-refractivity contribution in [3.05, 3.63) is 35.4 Å². The number of hydrogen-bond acceptors (Lipinski definition) is 2. The van der Waals surface area contributed by atoms with Crippen molar-refractivity contribution in [1.29, 1.82) is 0 Å². The molecule has 0 saturated heterocycles. The predicted octanol–water partition coefficient (Wildman–Crippen LogP) is 4.20. The molecule has 1 aromatic carbocycles. The van der Waals surface area contributed by atoms with E-state index in [0.717, 1.165) is 13.2 Å². The van der Waals surface area contributed by atoms with Crippen molar-refractivity contribution in [1.82, 2.24) is 5.32 Å². The van der Waals surface area contributed by atoms with Gasteiger partial charge < -0.3 is 10.1 Å². The van der Waals surface area contributed by atoms with Crippen LogP contribution < -0.4 is 5.32 Å². The van der Waals surface area contributed by atoms with Crippen molar-refractivity contribution in [3.8, 4) is 0 Å². The summed E-state index contributed by atoms with van der Waals surface area (Å²) >= 11 is 0. The molecule has 0 aliphatic heterocycles. The summed E-state index contributed by atoms with van der Waals surface area (Å²) < 4.78 is 5.79. The molecule has 2 nitrogen and oxygen atoms in total. The zero-order valence-electron chi connectivity index (χ0n) is 13.6. The molecule has 1 aromatic rings. The van der Waals surface area contributed by atoms with Gasteiger partial charge in [-0.2, -0.15) is 0 Å². The number of hydrogen-bond donors (Lipinski definition) is 1. The highest BCUT2D eigenvalue weighted by Crippen LogP contribution is 2.41. The van der Waals surface area contributed by atoms with Crippen LogP contribution >= 0.6 is 0 Å². The Labute approximate surface area is 123 Å². The molecule has 1 N–H and O–H groups in total. The molecule has 1 atom stereocenters. The molecule has 1 aliphatic rings. The molecule has 0 bridgehead atoms.